The Bertz CT molecular complexity index is 1440. The molecule has 8 heteroatoms. The molecule has 7 nitrogen and oxygen atoms in total. The van der Waals surface area contributed by atoms with Crippen molar-refractivity contribution in [3.05, 3.63) is 96.1 Å². The lowest BCUT2D eigenvalue weighted by Crippen LogP contribution is -2.26. The molecule has 0 radical (unpaired) electrons. The van der Waals surface area contributed by atoms with Crippen LogP contribution in [0.15, 0.2) is 73.3 Å². The highest BCUT2D eigenvalue weighted by molar-refractivity contribution is 5.95. The van der Waals surface area contributed by atoms with Crippen molar-refractivity contribution in [3.63, 3.8) is 0 Å². The number of benzene rings is 1. The normalized spacial score (nSPS) is 11.1. The van der Waals surface area contributed by atoms with E-state index in [1.54, 1.807) is 18.5 Å². The van der Waals surface area contributed by atoms with E-state index in [1.807, 2.05) is 54.0 Å². The molecule has 1 aromatic carbocycles. The van der Waals surface area contributed by atoms with Crippen LogP contribution in [-0.2, 0) is 6.42 Å². The van der Waals surface area contributed by atoms with Gasteiger partial charge in [-0.15, -0.1) is 0 Å². The van der Waals surface area contributed by atoms with Crippen LogP contribution in [0, 0.1) is 12.7 Å². The fourth-order valence-corrected chi connectivity index (χ4v) is 3.81. The van der Waals surface area contributed by atoms with E-state index in [-0.39, 0.29) is 5.56 Å². The summed E-state index contributed by atoms with van der Waals surface area (Å²) in [5, 5.41) is 9.80. The number of hydrogen-bond donors (Lipinski definition) is 2. The lowest BCUT2D eigenvalue weighted by molar-refractivity contribution is 0.0950. The highest BCUT2D eigenvalue weighted by Gasteiger charge is 2.15. The van der Waals surface area contributed by atoms with Gasteiger partial charge in [-0.2, -0.15) is 5.10 Å². The van der Waals surface area contributed by atoms with Crippen LogP contribution in [0.25, 0.3) is 28.0 Å². The summed E-state index contributed by atoms with van der Waals surface area (Å²) in [6, 6.07) is 14.1. The SMILES string of the molecule is Cc1n[nH]cc1-c1ccc2ncc(-c3ccc(C(=O)NCCc4ccccn4)c(F)c3)n2c1. The van der Waals surface area contributed by atoms with Crippen LogP contribution in [0.2, 0.25) is 0 Å². The number of aryl methyl sites for hydroxylation is 1. The van der Waals surface area contributed by atoms with Crippen molar-refractivity contribution < 1.29 is 9.18 Å². The molecule has 0 atom stereocenters. The first-order valence-electron chi connectivity index (χ1n) is 10.6. The topological polar surface area (TPSA) is 88.0 Å². The minimum atomic E-state index is -0.584. The average Bonchev–Trinajstić information content (AvgIpc) is 3.45. The number of amides is 1. The van der Waals surface area contributed by atoms with Gasteiger partial charge < -0.3 is 5.32 Å². The number of carbonyl (C=O) groups is 1. The number of halogens is 1. The summed E-state index contributed by atoms with van der Waals surface area (Å²) in [6.45, 7) is 2.31. The van der Waals surface area contributed by atoms with Crippen molar-refractivity contribution in [3.8, 4) is 22.4 Å². The van der Waals surface area contributed by atoms with Crippen molar-refractivity contribution in [1.82, 2.24) is 29.9 Å². The second-order valence-electron chi connectivity index (χ2n) is 7.70. The highest BCUT2D eigenvalue weighted by atomic mass is 19.1. The number of H-pyrrole nitrogens is 1. The van der Waals surface area contributed by atoms with Crippen molar-refractivity contribution in [2.75, 3.05) is 6.54 Å². The summed E-state index contributed by atoms with van der Waals surface area (Å²) in [5.41, 5.74) is 5.82. The molecule has 164 valence electrons. The molecule has 4 aromatic heterocycles. The number of hydrogen-bond acceptors (Lipinski definition) is 4. The Balaban J connectivity index is 1.37. The maximum absolute atomic E-state index is 14.9. The van der Waals surface area contributed by atoms with Gasteiger partial charge in [0.2, 0.25) is 0 Å². The Hall–Kier alpha value is -4.33. The zero-order valence-corrected chi connectivity index (χ0v) is 17.9. The summed E-state index contributed by atoms with van der Waals surface area (Å²) >= 11 is 0. The number of fused-ring (bicyclic) bond motifs is 1. The van der Waals surface area contributed by atoms with Crippen molar-refractivity contribution >= 4 is 11.6 Å². The molecule has 0 aliphatic heterocycles. The molecule has 1 amide bonds. The van der Waals surface area contributed by atoms with E-state index >= 15 is 0 Å². The third-order valence-corrected chi connectivity index (χ3v) is 5.55. The molecule has 0 fully saturated rings. The third-order valence-electron chi connectivity index (χ3n) is 5.55. The summed E-state index contributed by atoms with van der Waals surface area (Å²) in [4.78, 5) is 21.1. The van der Waals surface area contributed by atoms with Gasteiger partial charge in [0.05, 0.1) is 23.1 Å². The van der Waals surface area contributed by atoms with E-state index in [0.29, 0.717) is 18.5 Å². The van der Waals surface area contributed by atoms with E-state index in [4.69, 9.17) is 0 Å². The van der Waals surface area contributed by atoms with E-state index in [9.17, 15) is 9.18 Å². The molecule has 4 heterocycles. The van der Waals surface area contributed by atoms with Gasteiger partial charge in [-0.3, -0.25) is 19.3 Å². The zero-order valence-electron chi connectivity index (χ0n) is 17.9. The Morgan fingerprint density at radius 2 is 2.00 bits per heavy atom. The summed E-state index contributed by atoms with van der Waals surface area (Å²) in [5.74, 6) is -1.04. The van der Waals surface area contributed by atoms with Gasteiger partial charge in [-0.25, -0.2) is 9.37 Å². The first-order valence-corrected chi connectivity index (χ1v) is 10.6. The largest absolute Gasteiger partial charge is 0.352 e. The maximum atomic E-state index is 14.9. The molecule has 0 aliphatic carbocycles. The van der Waals surface area contributed by atoms with Gasteiger partial charge in [0.15, 0.2) is 0 Å². The second kappa shape index (κ2) is 8.66. The first-order chi connectivity index (χ1) is 16.1. The number of carbonyl (C=O) groups excluding carboxylic acids is 1. The monoisotopic (exact) mass is 440 g/mol. The highest BCUT2D eigenvalue weighted by Crippen LogP contribution is 2.27. The lowest BCUT2D eigenvalue weighted by Gasteiger charge is -2.09. The van der Waals surface area contributed by atoms with Gasteiger partial charge in [0.25, 0.3) is 5.91 Å². The smallest absolute Gasteiger partial charge is 0.254 e. The minimum Gasteiger partial charge on any atom is -0.352 e. The minimum absolute atomic E-state index is 0.00306. The summed E-state index contributed by atoms with van der Waals surface area (Å²) in [6.07, 6.45) is 7.77. The number of nitrogens with one attached hydrogen (secondary N) is 2. The molecule has 0 saturated heterocycles. The Morgan fingerprint density at radius 3 is 2.76 bits per heavy atom. The summed E-state index contributed by atoms with van der Waals surface area (Å²) < 4.78 is 16.8. The van der Waals surface area contributed by atoms with Gasteiger partial charge in [-0.05, 0) is 43.3 Å². The molecule has 2 N–H and O–H groups in total. The fraction of sp³-hybridized carbons (Fsp3) is 0.120. The lowest BCUT2D eigenvalue weighted by atomic mass is 10.1. The summed E-state index contributed by atoms with van der Waals surface area (Å²) in [7, 11) is 0. The Morgan fingerprint density at radius 1 is 1.12 bits per heavy atom. The fourth-order valence-electron chi connectivity index (χ4n) is 3.81. The van der Waals surface area contributed by atoms with Crippen LogP contribution in [0.4, 0.5) is 4.39 Å². The number of nitrogens with zero attached hydrogens (tertiary/aromatic N) is 4. The quantitative estimate of drug-likeness (QED) is 0.414. The molecule has 0 unspecified atom stereocenters. The number of pyridine rings is 2. The standard InChI is InChI=1S/C25H21FN6O/c1-16-21(13-30-31-16)18-6-8-24-29-14-23(32(24)15-18)17-5-7-20(22(26)12-17)25(33)28-11-9-19-4-2-3-10-27-19/h2-8,10,12-15H,9,11H2,1H3,(H,28,33)(H,30,31). The number of rotatable bonds is 6. The van der Waals surface area contributed by atoms with Crippen LogP contribution in [0.5, 0.6) is 0 Å². The zero-order chi connectivity index (χ0) is 22.8. The molecular formula is C25H21FN6O. The van der Waals surface area contributed by atoms with E-state index in [2.05, 4.69) is 25.5 Å². The van der Waals surface area contributed by atoms with Gasteiger partial charge in [-0.1, -0.05) is 12.1 Å². The maximum Gasteiger partial charge on any atom is 0.254 e. The average molecular weight is 440 g/mol. The van der Waals surface area contributed by atoms with Crippen LogP contribution in [-0.4, -0.2) is 37.0 Å². The molecule has 33 heavy (non-hydrogen) atoms. The number of imidazole rings is 1. The number of aromatic nitrogens is 5. The molecule has 5 aromatic rings. The third kappa shape index (κ3) is 4.10. The Kier molecular flexibility index (Phi) is 5.40. The molecule has 0 aliphatic rings. The van der Waals surface area contributed by atoms with E-state index in [1.165, 1.54) is 12.1 Å². The van der Waals surface area contributed by atoms with Crippen molar-refractivity contribution in [2.45, 2.75) is 13.3 Å². The predicted octanol–water partition coefficient (Wildman–Crippen LogP) is 4.21. The molecule has 0 bridgehead atoms. The van der Waals surface area contributed by atoms with Crippen LogP contribution < -0.4 is 5.32 Å². The van der Waals surface area contributed by atoms with Crippen molar-refractivity contribution in [1.29, 1.82) is 0 Å². The molecule has 0 spiro atoms. The molecule has 0 saturated carbocycles. The van der Waals surface area contributed by atoms with E-state index < -0.39 is 11.7 Å². The van der Waals surface area contributed by atoms with Gasteiger partial charge >= 0.3 is 0 Å². The first kappa shape index (κ1) is 20.6. The van der Waals surface area contributed by atoms with Crippen molar-refractivity contribution in [2.24, 2.45) is 0 Å². The number of aromatic amines is 1. The Labute approximate surface area is 189 Å². The second-order valence-corrected chi connectivity index (χ2v) is 7.70. The van der Waals surface area contributed by atoms with Crippen LogP contribution in [0.3, 0.4) is 0 Å². The molecule has 5 rings (SSSR count). The van der Waals surface area contributed by atoms with Crippen LogP contribution >= 0.6 is 0 Å². The van der Waals surface area contributed by atoms with Gasteiger partial charge in [0.1, 0.15) is 11.5 Å². The predicted molar refractivity (Wildman–Crippen MR) is 123 cm³/mol. The van der Waals surface area contributed by atoms with E-state index in [0.717, 1.165) is 33.9 Å². The molecular weight excluding hydrogens is 419 g/mol. The van der Waals surface area contributed by atoms with Gasteiger partial charge in [0, 0.05) is 53.9 Å². The van der Waals surface area contributed by atoms with Crippen LogP contribution in [0.1, 0.15) is 21.7 Å².